The summed E-state index contributed by atoms with van der Waals surface area (Å²) in [5, 5.41) is 14.1. The Kier molecular flexibility index (Phi) is 5.45. The number of ether oxygens (including phenoxy) is 1. The largest absolute Gasteiger partial charge is 0.483 e. The Hall–Kier alpha value is -2.55. The molecule has 10 heteroatoms. The van der Waals surface area contributed by atoms with Crippen molar-refractivity contribution in [3.05, 3.63) is 28.8 Å². The number of nitrogen functional groups attached to an aromatic ring is 1. The number of hydrogen-bond acceptors (Lipinski definition) is 7. The number of hydrogen-bond donors (Lipinski definition) is 3. The molecule has 0 aliphatic carbocycles. The van der Waals surface area contributed by atoms with Crippen molar-refractivity contribution < 1.29 is 9.53 Å². The van der Waals surface area contributed by atoms with Crippen LogP contribution >= 0.6 is 11.6 Å². The second-order valence-corrected chi connectivity index (χ2v) is 6.56. The van der Waals surface area contributed by atoms with Crippen LogP contribution in [0.5, 0.6) is 5.75 Å². The predicted molar refractivity (Wildman–Crippen MR) is 90.1 cm³/mol. The number of aromatic nitrogens is 4. The van der Waals surface area contributed by atoms with E-state index < -0.39 is 0 Å². The molecule has 0 radical (unpaired) electrons. The van der Waals surface area contributed by atoms with Crippen LogP contribution in [-0.4, -0.2) is 38.4 Å². The lowest BCUT2D eigenvalue weighted by atomic mass is 10.1. The van der Waals surface area contributed by atoms with Crippen molar-refractivity contribution in [3.8, 4) is 5.75 Å². The Labute approximate surface area is 144 Å². The van der Waals surface area contributed by atoms with Crippen LogP contribution in [-0.2, 0) is 11.3 Å². The van der Waals surface area contributed by atoms with Crippen molar-refractivity contribution in [1.82, 2.24) is 25.6 Å². The zero-order valence-corrected chi connectivity index (χ0v) is 14.5. The lowest BCUT2D eigenvalue weighted by Crippen LogP contribution is -2.43. The van der Waals surface area contributed by atoms with Gasteiger partial charge in [-0.3, -0.25) is 4.79 Å². The second-order valence-electron chi connectivity index (χ2n) is 6.12. The van der Waals surface area contributed by atoms with E-state index in [4.69, 9.17) is 22.1 Å². The molecule has 1 amide bonds. The van der Waals surface area contributed by atoms with E-state index in [0.717, 1.165) is 5.56 Å². The first-order valence-corrected chi connectivity index (χ1v) is 7.62. The Morgan fingerprint density at radius 2 is 2.17 bits per heavy atom. The first-order chi connectivity index (χ1) is 11.2. The first-order valence-electron chi connectivity index (χ1n) is 7.24. The number of carbonyl (C=O) groups is 1. The molecular weight excluding hydrogens is 334 g/mol. The summed E-state index contributed by atoms with van der Waals surface area (Å²) in [6.45, 7) is 5.92. The second kappa shape index (κ2) is 7.35. The molecule has 0 bridgehead atoms. The number of tetrazole rings is 1. The van der Waals surface area contributed by atoms with Gasteiger partial charge in [-0.2, -0.15) is 0 Å². The number of halogens is 1. The van der Waals surface area contributed by atoms with Crippen LogP contribution in [0.15, 0.2) is 18.2 Å². The minimum Gasteiger partial charge on any atom is -0.483 e. The molecule has 0 fully saturated rings. The number of carbonyl (C=O) groups excluding carboxylic acids is 1. The van der Waals surface area contributed by atoms with E-state index in [1.165, 1.54) is 4.79 Å². The Bertz CT molecular complexity index is 711. The van der Waals surface area contributed by atoms with Gasteiger partial charge in [0, 0.05) is 16.1 Å². The highest BCUT2D eigenvalue weighted by Gasteiger charge is 2.15. The van der Waals surface area contributed by atoms with Gasteiger partial charge in [0.1, 0.15) is 5.75 Å². The molecule has 4 N–H and O–H groups in total. The maximum atomic E-state index is 11.9. The van der Waals surface area contributed by atoms with Crippen LogP contribution < -0.4 is 21.2 Å². The molecule has 1 aromatic heterocycles. The standard InChI is InChI=1S/C14H20ClN7O2/c1-14(2,3)18-12(23)8-24-11-5-4-10(15)6-9(11)7-17-22-13(16)19-20-21-22/h4-6,17H,7-8H2,1-3H3,(H,18,23)(H2,16,19,21). The van der Waals surface area contributed by atoms with Crippen molar-refractivity contribution in [1.29, 1.82) is 0 Å². The quantitative estimate of drug-likeness (QED) is 0.707. The van der Waals surface area contributed by atoms with E-state index >= 15 is 0 Å². The lowest BCUT2D eigenvalue weighted by molar-refractivity contribution is -0.124. The van der Waals surface area contributed by atoms with Crippen molar-refractivity contribution in [2.45, 2.75) is 32.9 Å². The Morgan fingerprint density at radius 1 is 1.42 bits per heavy atom. The summed E-state index contributed by atoms with van der Waals surface area (Å²) in [6.07, 6.45) is 0. The number of benzene rings is 1. The fraction of sp³-hybridized carbons (Fsp3) is 0.429. The zero-order valence-electron chi connectivity index (χ0n) is 13.7. The molecular formula is C14H20ClN7O2. The summed E-state index contributed by atoms with van der Waals surface area (Å²) in [6, 6.07) is 5.12. The molecule has 0 spiro atoms. The summed E-state index contributed by atoms with van der Waals surface area (Å²) in [5.74, 6) is 0.452. The summed E-state index contributed by atoms with van der Waals surface area (Å²) in [4.78, 5) is 13.1. The van der Waals surface area contributed by atoms with Crippen LogP contribution in [0.3, 0.4) is 0 Å². The number of anilines is 1. The number of nitrogens with zero attached hydrogens (tertiary/aromatic N) is 4. The molecule has 24 heavy (non-hydrogen) atoms. The van der Waals surface area contributed by atoms with Gasteiger partial charge < -0.3 is 21.2 Å². The van der Waals surface area contributed by atoms with E-state index in [9.17, 15) is 4.79 Å². The molecule has 1 heterocycles. The van der Waals surface area contributed by atoms with Gasteiger partial charge in [0.05, 0.1) is 6.54 Å². The number of nitrogens with two attached hydrogens (primary N) is 1. The molecule has 0 unspecified atom stereocenters. The Morgan fingerprint density at radius 3 is 2.79 bits per heavy atom. The van der Waals surface area contributed by atoms with Gasteiger partial charge in [0.25, 0.3) is 11.9 Å². The van der Waals surface area contributed by atoms with Gasteiger partial charge in [-0.05, 0) is 49.4 Å². The van der Waals surface area contributed by atoms with Crippen LogP contribution in [0.1, 0.15) is 26.3 Å². The van der Waals surface area contributed by atoms with Crippen molar-refractivity contribution in [3.63, 3.8) is 0 Å². The molecule has 2 rings (SSSR count). The summed E-state index contributed by atoms with van der Waals surface area (Å²) >= 11 is 6.02. The molecule has 130 valence electrons. The fourth-order valence-corrected chi connectivity index (χ4v) is 2.09. The lowest BCUT2D eigenvalue weighted by Gasteiger charge is -2.21. The molecule has 2 aromatic rings. The third kappa shape index (κ3) is 5.27. The summed E-state index contributed by atoms with van der Waals surface area (Å²) < 4.78 is 5.60. The van der Waals surface area contributed by atoms with Crippen molar-refractivity contribution >= 4 is 23.5 Å². The topological polar surface area (TPSA) is 120 Å². The molecule has 0 aliphatic rings. The molecule has 0 saturated carbocycles. The van der Waals surface area contributed by atoms with Crippen LogP contribution in [0.25, 0.3) is 0 Å². The highest BCUT2D eigenvalue weighted by Crippen LogP contribution is 2.23. The highest BCUT2D eigenvalue weighted by molar-refractivity contribution is 6.30. The van der Waals surface area contributed by atoms with E-state index in [1.54, 1.807) is 18.2 Å². The van der Waals surface area contributed by atoms with Crippen molar-refractivity contribution in [2.75, 3.05) is 17.8 Å². The fourth-order valence-electron chi connectivity index (χ4n) is 1.89. The van der Waals surface area contributed by atoms with Gasteiger partial charge in [-0.15, -0.1) is 4.79 Å². The first kappa shape index (κ1) is 17.8. The SMILES string of the molecule is CC(C)(C)NC(=O)COc1ccc(Cl)cc1CNn1nnnc1N. The number of rotatable bonds is 6. The van der Waals surface area contributed by atoms with Gasteiger partial charge in [0.15, 0.2) is 6.61 Å². The predicted octanol–water partition coefficient (Wildman–Crippen LogP) is 0.946. The van der Waals surface area contributed by atoms with Crippen LogP contribution in [0.2, 0.25) is 5.02 Å². The van der Waals surface area contributed by atoms with Gasteiger partial charge >= 0.3 is 0 Å². The molecule has 0 saturated heterocycles. The van der Waals surface area contributed by atoms with Gasteiger partial charge in [0.2, 0.25) is 0 Å². The minimum absolute atomic E-state index is 0.0983. The Balaban J connectivity index is 2.02. The highest BCUT2D eigenvalue weighted by atomic mass is 35.5. The number of amides is 1. The van der Waals surface area contributed by atoms with Crippen LogP contribution in [0, 0.1) is 0 Å². The normalized spacial score (nSPS) is 11.2. The average Bonchev–Trinajstić information content (AvgIpc) is 2.87. The third-order valence-corrected chi connectivity index (χ3v) is 3.04. The smallest absolute Gasteiger partial charge is 0.260 e. The van der Waals surface area contributed by atoms with E-state index in [1.807, 2.05) is 20.8 Å². The minimum atomic E-state index is -0.317. The maximum Gasteiger partial charge on any atom is 0.260 e. The van der Waals surface area contributed by atoms with Crippen molar-refractivity contribution in [2.24, 2.45) is 0 Å². The number of nitrogens with one attached hydrogen (secondary N) is 2. The monoisotopic (exact) mass is 353 g/mol. The van der Waals surface area contributed by atoms with E-state index in [-0.39, 0.29) is 24.0 Å². The summed E-state index contributed by atoms with van der Waals surface area (Å²) in [7, 11) is 0. The van der Waals surface area contributed by atoms with Gasteiger partial charge in [-0.25, -0.2) is 0 Å². The molecule has 1 aromatic carbocycles. The van der Waals surface area contributed by atoms with Crippen LogP contribution in [0.4, 0.5) is 5.95 Å². The third-order valence-electron chi connectivity index (χ3n) is 2.81. The zero-order chi connectivity index (χ0) is 17.7. The van der Waals surface area contributed by atoms with Gasteiger partial charge in [-0.1, -0.05) is 16.7 Å². The van der Waals surface area contributed by atoms with E-state index in [2.05, 4.69) is 26.3 Å². The average molecular weight is 354 g/mol. The summed E-state index contributed by atoms with van der Waals surface area (Å²) in [5.41, 5.74) is 8.92. The molecule has 0 aliphatic heterocycles. The molecule has 9 nitrogen and oxygen atoms in total. The van der Waals surface area contributed by atoms with E-state index in [0.29, 0.717) is 17.3 Å². The maximum absolute atomic E-state index is 11.9. The molecule has 0 atom stereocenters.